The van der Waals surface area contributed by atoms with Gasteiger partial charge in [0.2, 0.25) is 5.91 Å². The molecule has 1 aromatic rings. The van der Waals surface area contributed by atoms with Gasteiger partial charge in [-0.25, -0.2) is 4.68 Å². The van der Waals surface area contributed by atoms with E-state index in [9.17, 15) is 14.7 Å². The molecule has 1 unspecified atom stereocenters. The van der Waals surface area contributed by atoms with Crippen LogP contribution in [-0.2, 0) is 16.0 Å². The second-order valence-electron chi connectivity index (χ2n) is 7.01. The molecule has 7 nitrogen and oxygen atoms in total. The van der Waals surface area contributed by atoms with Crippen LogP contribution in [0.2, 0.25) is 0 Å². The second kappa shape index (κ2) is 9.50. The van der Waals surface area contributed by atoms with Gasteiger partial charge < -0.3 is 10.0 Å². The van der Waals surface area contributed by atoms with Gasteiger partial charge in [0, 0.05) is 31.6 Å². The molecule has 0 radical (unpaired) electrons. The predicted octanol–water partition coefficient (Wildman–Crippen LogP) is 2.70. The van der Waals surface area contributed by atoms with Crippen LogP contribution >= 0.6 is 0 Å². The Morgan fingerprint density at radius 2 is 2.08 bits per heavy atom. The quantitative estimate of drug-likeness (QED) is 0.682. The van der Waals surface area contributed by atoms with Crippen molar-refractivity contribution in [3.63, 3.8) is 0 Å². The molecule has 0 spiro atoms. The van der Waals surface area contributed by atoms with Crippen LogP contribution in [0.1, 0.15) is 57.7 Å². The lowest BCUT2D eigenvalue weighted by molar-refractivity contribution is -0.141. The summed E-state index contributed by atoms with van der Waals surface area (Å²) in [5, 5.41) is 17.5. The average molecular weight is 362 g/mol. The summed E-state index contributed by atoms with van der Waals surface area (Å²) >= 11 is 0. The first-order valence-corrected chi connectivity index (χ1v) is 9.53. The number of carboxylic acid groups (broad SMARTS) is 1. The Morgan fingerprint density at radius 3 is 2.62 bits per heavy atom. The standard InChI is InChI=1S/C19H30N4O3/c1-4-11-22(6-3)18(24)15-7-9-17(10-8-15)23-13-16(20-21-23)12-14(5-2)19(25)26/h4,13-15,17H,1,5-12H2,2-3H3,(H,25,26). The minimum Gasteiger partial charge on any atom is -0.481 e. The van der Waals surface area contributed by atoms with E-state index in [0.29, 0.717) is 25.9 Å². The first kappa shape index (κ1) is 20.1. The molecule has 0 aromatic carbocycles. The molecule has 0 bridgehead atoms. The van der Waals surface area contributed by atoms with Crippen LogP contribution in [0.25, 0.3) is 0 Å². The summed E-state index contributed by atoms with van der Waals surface area (Å²) in [6.07, 6.45) is 8.10. The van der Waals surface area contributed by atoms with Crippen molar-refractivity contribution in [1.82, 2.24) is 19.9 Å². The highest BCUT2D eigenvalue weighted by Crippen LogP contribution is 2.33. The second-order valence-corrected chi connectivity index (χ2v) is 7.01. The third kappa shape index (κ3) is 4.93. The van der Waals surface area contributed by atoms with Crippen molar-refractivity contribution in [2.24, 2.45) is 11.8 Å². The molecular weight excluding hydrogens is 332 g/mol. The maximum atomic E-state index is 12.6. The number of carbonyl (C=O) groups is 2. The van der Waals surface area contributed by atoms with E-state index in [2.05, 4.69) is 16.9 Å². The van der Waals surface area contributed by atoms with Gasteiger partial charge in [-0.2, -0.15) is 0 Å². The summed E-state index contributed by atoms with van der Waals surface area (Å²) in [5.74, 6) is -0.914. The van der Waals surface area contributed by atoms with Crippen LogP contribution in [-0.4, -0.2) is 50.0 Å². The molecule has 1 heterocycles. The highest BCUT2D eigenvalue weighted by atomic mass is 16.4. The summed E-state index contributed by atoms with van der Waals surface area (Å²) in [4.78, 5) is 25.6. The van der Waals surface area contributed by atoms with Crippen LogP contribution in [0, 0.1) is 11.8 Å². The Hall–Kier alpha value is -2.18. The molecular formula is C19H30N4O3. The minimum absolute atomic E-state index is 0.0747. The van der Waals surface area contributed by atoms with E-state index in [1.54, 1.807) is 6.08 Å². The topological polar surface area (TPSA) is 88.3 Å². The Kier molecular flexibility index (Phi) is 7.36. The smallest absolute Gasteiger partial charge is 0.306 e. The zero-order chi connectivity index (χ0) is 19.1. The lowest BCUT2D eigenvalue weighted by atomic mass is 9.85. The highest BCUT2D eigenvalue weighted by Gasteiger charge is 2.30. The van der Waals surface area contributed by atoms with E-state index < -0.39 is 11.9 Å². The van der Waals surface area contributed by atoms with Crippen LogP contribution in [0.5, 0.6) is 0 Å². The van der Waals surface area contributed by atoms with Crippen LogP contribution in [0.15, 0.2) is 18.9 Å². The molecule has 1 aliphatic rings. The van der Waals surface area contributed by atoms with Crippen molar-refractivity contribution < 1.29 is 14.7 Å². The summed E-state index contributed by atoms with van der Waals surface area (Å²) in [6.45, 7) is 8.89. The van der Waals surface area contributed by atoms with Crippen LogP contribution in [0.3, 0.4) is 0 Å². The van der Waals surface area contributed by atoms with Gasteiger partial charge in [0.05, 0.1) is 17.7 Å². The number of hydrogen-bond acceptors (Lipinski definition) is 4. The number of carboxylic acids is 1. The average Bonchev–Trinajstić information content (AvgIpc) is 3.12. The number of rotatable bonds is 9. The van der Waals surface area contributed by atoms with Crippen molar-refractivity contribution in [1.29, 1.82) is 0 Å². The van der Waals surface area contributed by atoms with E-state index in [0.717, 1.165) is 31.4 Å². The normalized spacial score (nSPS) is 21.2. The van der Waals surface area contributed by atoms with Gasteiger partial charge in [-0.3, -0.25) is 9.59 Å². The molecule has 0 aliphatic heterocycles. The fourth-order valence-corrected chi connectivity index (χ4v) is 3.62. The summed E-state index contributed by atoms with van der Waals surface area (Å²) < 4.78 is 1.85. The molecule has 2 rings (SSSR count). The first-order valence-electron chi connectivity index (χ1n) is 9.53. The van der Waals surface area contributed by atoms with Gasteiger partial charge >= 0.3 is 5.97 Å². The fraction of sp³-hybridized carbons (Fsp3) is 0.684. The van der Waals surface area contributed by atoms with Gasteiger partial charge in [0.25, 0.3) is 0 Å². The van der Waals surface area contributed by atoms with Crippen LogP contribution < -0.4 is 0 Å². The van der Waals surface area contributed by atoms with E-state index in [-0.39, 0.29) is 17.9 Å². The Morgan fingerprint density at radius 1 is 1.38 bits per heavy atom. The highest BCUT2D eigenvalue weighted by molar-refractivity contribution is 5.79. The molecule has 0 saturated heterocycles. The molecule has 1 saturated carbocycles. The van der Waals surface area contributed by atoms with E-state index >= 15 is 0 Å². The number of aliphatic carboxylic acids is 1. The van der Waals surface area contributed by atoms with Crippen molar-refractivity contribution in [3.05, 3.63) is 24.5 Å². The van der Waals surface area contributed by atoms with Crippen molar-refractivity contribution in [2.45, 2.75) is 58.4 Å². The number of amides is 1. The Balaban J connectivity index is 1.91. The molecule has 144 valence electrons. The van der Waals surface area contributed by atoms with Gasteiger partial charge in [-0.05, 0) is 39.0 Å². The first-order chi connectivity index (χ1) is 12.5. The third-order valence-electron chi connectivity index (χ3n) is 5.32. The number of aromatic nitrogens is 3. The van der Waals surface area contributed by atoms with Gasteiger partial charge in [-0.1, -0.05) is 18.2 Å². The number of hydrogen-bond donors (Lipinski definition) is 1. The molecule has 1 aromatic heterocycles. The van der Waals surface area contributed by atoms with Crippen LogP contribution in [0.4, 0.5) is 0 Å². The molecule has 26 heavy (non-hydrogen) atoms. The Bertz CT molecular complexity index is 620. The molecule has 1 N–H and O–H groups in total. The molecule has 7 heteroatoms. The van der Waals surface area contributed by atoms with E-state index in [1.807, 2.05) is 29.6 Å². The van der Waals surface area contributed by atoms with Gasteiger partial charge in [-0.15, -0.1) is 11.7 Å². The monoisotopic (exact) mass is 362 g/mol. The maximum absolute atomic E-state index is 12.6. The number of likely N-dealkylation sites (N-methyl/N-ethyl adjacent to an activating group) is 1. The molecule has 1 aliphatic carbocycles. The molecule has 1 fully saturated rings. The van der Waals surface area contributed by atoms with E-state index in [1.165, 1.54) is 0 Å². The Labute approximate surface area is 155 Å². The van der Waals surface area contributed by atoms with Crippen molar-refractivity contribution in [3.8, 4) is 0 Å². The largest absolute Gasteiger partial charge is 0.481 e. The molecule has 1 atom stereocenters. The molecule has 1 amide bonds. The lowest BCUT2D eigenvalue weighted by Crippen LogP contribution is -2.38. The minimum atomic E-state index is -0.791. The SMILES string of the molecule is C=CCN(CC)C(=O)C1CCC(n2cc(CC(CC)C(=O)O)nn2)CC1. The number of nitrogens with zero attached hydrogens (tertiary/aromatic N) is 4. The summed E-state index contributed by atoms with van der Waals surface area (Å²) in [6, 6.07) is 0.236. The summed E-state index contributed by atoms with van der Waals surface area (Å²) in [5.41, 5.74) is 0.723. The zero-order valence-corrected chi connectivity index (χ0v) is 15.8. The van der Waals surface area contributed by atoms with Crippen molar-refractivity contribution >= 4 is 11.9 Å². The number of carbonyl (C=O) groups excluding carboxylic acids is 1. The van der Waals surface area contributed by atoms with Crippen molar-refractivity contribution in [2.75, 3.05) is 13.1 Å². The van der Waals surface area contributed by atoms with E-state index in [4.69, 9.17) is 0 Å². The zero-order valence-electron chi connectivity index (χ0n) is 15.8. The van der Waals surface area contributed by atoms with Gasteiger partial charge in [0.1, 0.15) is 0 Å². The summed E-state index contributed by atoms with van der Waals surface area (Å²) in [7, 11) is 0. The third-order valence-corrected chi connectivity index (χ3v) is 5.32. The maximum Gasteiger partial charge on any atom is 0.306 e. The fourth-order valence-electron chi connectivity index (χ4n) is 3.62. The van der Waals surface area contributed by atoms with Gasteiger partial charge in [0.15, 0.2) is 0 Å². The lowest BCUT2D eigenvalue weighted by Gasteiger charge is -2.31. The predicted molar refractivity (Wildman–Crippen MR) is 98.6 cm³/mol.